The van der Waals surface area contributed by atoms with Gasteiger partial charge in [0, 0.05) is 25.0 Å². The average Bonchev–Trinajstić information content (AvgIpc) is 3.16. The van der Waals surface area contributed by atoms with Crippen LogP contribution in [0.4, 0.5) is 0 Å². The fourth-order valence-electron chi connectivity index (χ4n) is 6.60. The van der Waals surface area contributed by atoms with Crippen molar-refractivity contribution in [2.24, 2.45) is 0 Å². The Morgan fingerprint density at radius 3 is 1.61 bits per heavy atom. The highest BCUT2D eigenvalue weighted by Crippen LogP contribution is 2.31. The van der Waals surface area contributed by atoms with Crippen LogP contribution in [-0.2, 0) is 4.79 Å². The van der Waals surface area contributed by atoms with Crippen LogP contribution in [0.25, 0.3) is 0 Å². The Kier molecular flexibility index (Phi) is 10.4. The summed E-state index contributed by atoms with van der Waals surface area (Å²) in [4.78, 5) is 41.9. The quantitative estimate of drug-likeness (QED) is 0.214. The van der Waals surface area contributed by atoms with Crippen LogP contribution in [0.2, 0.25) is 0 Å². The Bertz CT molecular complexity index is 817. The standard InChI is InChI=1S/C31H46N2O3/c34-29(33(25-17-9-7-10-18-25)26-19-11-8-12-20-26)23-13-5-3-1-2-4-6-16-24-32-30(35)27-21-14-15-22-28(27)31(32)36/h14-15,21-22,25-26H,1-13,16-20,23-24H2. The predicted molar refractivity (Wildman–Crippen MR) is 144 cm³/mol. The number of amides is 3. The van der Waals surface area contributed by atoms with E-state index in [1.54, 1.807) is 12.1 Å². The van der Waals surface area contributed by atoms with Gasteiger partial charge in [0.25, 0.3) is 11.8 Å². The molecule has 3 aliphatic rings. The fourth-order valence-corrected chi connectivity index (χ4v) is 6.60. The van der Waals surface area contributed by atoms with Crippen LogP contribution < -0.4 is 0 Å². The first kappa shape index (κ1) is 26.9. The van der Waals surface area contributed by atoms with Crippen molar-refractivity contribution in [2.45, 2.75) is 134 Å². The van der Waals surface area contributed by atoms with Gasteiger partial charge in [-0.2, -0.15) is 0 Å². The molecule has 0 spiro atoms. The zero-order valence-electron chi connectivity index (χ0n) is 22.2. The van der Waals surface area contributed by atoms with Gasteiger partial charge in [-0.05, 0) is 50.7 Å². The molecular weight excluding hydrogens is 448 g/mol. The average molecular weight is 495 g/mol. The van der Waals surface area contributed by atoms with Crippen molar-refractivity contribution in [1.29, 1.82) is 0 Å². The monoisotopic (exact) mass is 494 g/mol. The summed E-state index contributed by atoms with van der Waals surface area (Å²) in [5.41, 5.74) is 1.09. The van der Waals surface area contributed by atoms with Gasteiger partial charge in [-0.1, -0.05) is 89.2 Å². The molecule has 198 valence electrons. The van der Waals surface area contributed by atoms with Gasteiger partial charge in [0.1, 0.15) is 0 Å². The van der Waals surface area contributed by atoms with E-state index in [4.69, 9.17) is 0 Å². The Hall–Kier alpha value is -2.17. The first-order valence-corrected chi connectivity index (χ1v) is 14.9. The maximum atomic E-state index is 13.3. The Labute approximate surface area is 218 Å². The lowest BCUT2D eigenvalue weighted by molar-refractivity contribution is -0.138. The number of nitrogens with zero attached hydrogens (tertiary/aromatic N) is 2. The topological polar surface area (TPSA) is 57.7 Å². The zero-order chi connectivity index (χ0) is 25.2. The molecule has 1 heterocycles. The molecule has 5 heteroatoms. The third-order valence-corrected chi connectivity index (χ3v) is 8.62. The molecule has 0 bridgehead atoms. The Morgan fingerprint density at radius 2 is 1.11 bits per heavy atom. The molecule has 36 heavy (non-hydrogen) atoms. The molecule has 2 saturated carbocycles. The Balaban J connectivity index is 1.06. The molecule has 2 fully saturated rings. The van der Waals surface area contributed by atoms with Gasteiger partial charge in [0.15, 0.2) is 0 Å². The lowest BCUT2D eigenvalue weighted by Crippen LogP contribution is -2.48. The van der Waals surface area contributed by atoms with Gasteiger partial charge in [0.05, 0.1) is 11.1 Å². The van der Waals surface area contributed by atoms with Crippen LogP contribution >= 0.6 is 0 Å². The van der Waals surface area contributed by atoms with Gasteiger partial charge in [-0.25, -0.2) is 0 Å². The molecule has 0 unspecified atom stereocenters. The minimum Gasteiger partial charge on any atom is -0.337 e. The molecule has 0 saturated heterocycles. The van der Waals surface area contributed by atoms with Crippen molar-refractivity contribution in [3.8, 4) is 0 Å². The van der Waals surface area contributed by atoms with Crippen LogP contribution in [0.5, 0.6) is 0 Å². The first-order chi connectivity index (χ1) is 17.7. The molecule has 0 radical (unpaired) electrons. The van der Waals surface area contributed by atoms with E-state index in [2.05, 4.69) is 4.90 Å². The predicted octanol–water partition coefficient (Wildman–Crippen LogP) is 7.29. The number of hydrogen-bond acceptors (Lipinski definition) is 3. The molecule has 4 rings (SSSR count). The third-order valence-electron chi connectivity index (χ3n) is 8.62. The maximum Gasteiger partial charge on any atom is 0.261 e. The summed E-state index contributed by atoms with van der Waals surface area (Å²) in [5.74, 6) is 0.147. The molecule has 2 aliphatic carbocycles. The van der Waals surface area contributed by atoms with Crippen molar-refractivity contribution in [3.63, 3.8) is 0 Å². The van der Waals surface area contributed by atoms with Gasteiger partial charge in [0.2, 0.25) is 5.91 Å². The van der Waals surface area contributed by atoms with Crippen LogP contribution in [0.1, 0.15) is 143 Å². The number of hydrogen-bond donors (Lipinski definition) is 0. The maximum absolute atomic E-state index is 13.3. The summed E-state index contributed by atoms with van der Waals surface area (Å²) in [6, 6.07) is 8.13. The number of unbranched alkanes of at least 4 members (excludes halogenated alkanes) is 7. The Morgan fingerprint density at radius 1 is 0.667 bits per heavy atom. The molecule has 0 aromatic heterocycles. The summed E-state index contributed by atoms with van der Waals surface area (Å²) in [7, 11) is 0. The fraction of sp³-hybridized carbons (Fsp3) is 0.710. The second kappa shape index (κ2) is 13.9. The van der Waals surface area contributed by atoms with Crippen molar-refractivity contribution in [2.75, 3.05) is 6.54 Å². The molecule has 5 nitrogen and oxygen atoms in total. The van der Waals surface area contributed by atoms with E-state index in [0.717, 1.165) is 38.5 Å². The largest absolute Gasteiger partial charge is 0.337 e. The van der Waals surface area contributed by atoms with Crippen molar-refractivity contribution in [1.82, 2.24) is 9.80 Å². The second-order valence-corrected chi connectivity index (χ2v) is 11.3. The smallest absolute Gasteiger partial charge is 0.261 e. The summed E-state index contributed by atoms with van der Waals surface area (Å²) in [5, 5.41) is 0. The van der Waals surface area contributed by atoms with Gasteiger partial charge in [-0.3, -0.25) is 19.3 Å². The van der Waals surface area contributed by atoms with Crippen molar-refractivity contribution in [3.05, 3.63) is 35.4 Å². The molecule has 0 atom stereocenters. The molecular formula is C31H46N2O3. The van der Waals surface area contributed by atoms with Crippen LogP contribution in [0.15, 0.2) is 24.3 Å². The molecule has 0 N–H and O–H groups in total. The zero-order valence-corrected chi connectivity index (χ0v) is 22.2. The number of rotatable bonds is 13. The normalized spacial score (nSPS) is 19.1. The van der Waals surface area contributed by atoms with E-state index < -0.39 is 0 Å². The van der Waals surface area contributed by atoms with E-state index in [9.17, 15) is 14.4 Å². The molecule has 1 aliphatic heterocycles. The highest BCUT2D eigenvalue weighted by molar-refractivity contribution is 6.21. The highest BCUT2D eigenvalue weighted by atomic mass is 16.2. The van der Waals surface area contributed by atoms with Gasteiger partial charge < -0.3 is 4.90 Å². The minimum absolute atomic E-state index is 0.143. The molecule has 1 aromatic carbocycles. The van der Waals surface area contributed by atoms with Gasteiger partial charge >= 0.3 is 0 Å². The lowest BCUT2D eigenvalue weighted by atomic mass is 9.88. The lowest BCUT2D eigenvalue weighted by Gasteiger charge is -2.42. The summed E-state index contributed by atoms with van der Waals surface area (Å²) < 4.78 is 0. The number of imide groups is 1. The first-order valence-electron chi connectivity index (χ1n) is 14.9. The summed E-state index contributed by atoms with van der Waals surface area (Å²) in [6.45, 7) is 0.521. The summed E-state index contributed by atoms with van der Waals surface area (Å²) >= 11 is 0. The summed E-state index contributed by atoms with van der Waals surface area (Å²) in [6.07, 6.45) is 22.2. The highest BCUT2D eigenvalue weighted by Gasteiger charge is 2.34. The number of carbonyl (C=O) groups excluding carboxylic acids is 3. The van der Waals surface area contributed by atoms with E-state index in [1.165, 1.54) is 88.4 Å². The second-order valence-electron chi connectivity index (χ2n) is 11.3. The van der Waals surface area contributed by atoms with Crippen LogP contribution in [0.3, 0.4) is 0 Å². The van der Waals surface area contributed by atoms with E-state index in [-0.39, 0.29) is 11.8 Å². The molecule has 3 amide bonds. The number of carbonyl (C=O) groups is 3. The number of fused-ring (bicyclic) bond motifs is 1. The SMILES string of the molecule is O=C1c2ccccc2C(=O)N1CCCCCCCCCCC(=O)N(C1CCCCC1)C1CCCCC1. The van der Waals surface area contributed by atoms with Crippen LogP contribution in [0, 0.1) is 0 Å². The van der Waals surface area contributed by atoms with E-state index >= 15 is 0 Å². The van der Waals surface area contributed by atoms with E-state index in [1.807, 2.05) is 12.1 Å². The van der Waals surface area contributed by atoms with E-state index in [0.29, 0.717) is 35.7 Å². The minimum atomic E-state index is -0.143. The third kappa shape index (κ3) is 6.98. The van der Waals surface area contributed by atoms with Crippen molar-refractivity contribution < 1.29 is 14.4 Å². The van der Waals surface area contributed by atoms with Crippen molar-refractivity contribution >= 4 is 17.7 Å². The molecule has 1 aromatic rings. The van der Waals surface area contributed by atoms with Gasteiger partial charge in [-0.15, -0.1) is 0 Å². The number of benzene rings is 1. The van der Waals surface area contributed by atoms with Crippen LogP contribution in [-0.4, -0.2) is 46.1 Å².